The minimum absolute atomic E-state index is 0.707. The van der Waals surface area contributed by atoms with Crippen LogP contribution in [-0.4, -0.2) is 0 Å². The lowest BCUT2D eigenvalue weighted by Gasteiger charge is -2.03. The Morgan fingerprint density at radius 3 is 2.73 bits per heavy atom. The Bertz CT molecular complexity index is 250. The molecule has 0 radical (unpaired) electrons. The van der Waals surface area contributed by atoms with Crippen molar-refractivity contribution in [3.8, 4) is 5.75 Å². The van der Waals surface area contributed by atoms with E-state index >= 15 is 0 Å². The van der Waals surface area contributed by atoms with E-state index in [2.05, 4.69) is 6.92 Å². The van der Waals surface area contributed by atoms with Crippen LogP contribution in [0, 0.1) is 0 Å². The second-order valence-corrected chi connectivity index (χ2v) is 2.74. The normalized spacial score (nSPS) is 9.64. The lowest BCUT2D eigenvalue weighted by atomic mass is 10.1. The third-order valence-corrected chi connectivity index (χ3v) is 2.04. The quantitative estimate of drug-likeness (QED) is 0.657. The number of rotatable bonds is 2. The number of hydrogen-bond acceptors (Lipinski definition) is 2. The molecule has 2 N–H and O–H groups in total. The van der Waals surface area contributed by atoms with Crippen LogP contribution in [0.1, 0.15) is 12.5 Å². The molecule has 0 aliphatic carbocycles. The first-order chi connectivity index (χ1) is 5.27. The fourth-order valence-corrected chi connectivity index (χ4v) is 1.29. The molecule has 1 aromatic carbocycles. The highest BCUT2D eigenvalue weighted by Gasteiger charge is 1.98. The standard InChI is InChI=1S/C8H10INO/c1-2-6-3-4-8(11-9)7(10)5-6/h3-5H,2,10H2,1H3. The Morgan fingerprint density at radius 2 is 2.27 bits per heavy atom. The van der Waals surface area contributed by atoms with E-state index in [1.807, 2.05) is 41.2 Å². The Balaban J connectivity index is 2.99. The smallest absolute Gasteiger partial charge is 0.192 e. The summed E-state index contributed by atoms with van der Waals surface area (Å²) in [5, 5.41) is 0. The molecular formula is C8H10INO. The minimum atomic E-state index is 0.707. The molecule has 60 valence electrons. The Hall–Kier alpha value is -0.450. The van der Waals surface area contributed by atoms with E-state index in [1.54, 1.807) is 0 Å². The lowest BCUT2D eigenvalue weighted by molar-refractivity contribution is 0.719. The molecule has 1 aromatic rings. The van der Waals surface area contributed by atoms with Crippen LogP contribution in [0.3, 0.4) is 0 Å². The van der Waals surface area contributed by atoms with Gasteiger partial charge in [0.15, 0.2) is 28.8 Å². The number of hydrogen-bond donors (Lipinski definition) is 1. The molecule has 0 aromatic heterocycles. The molecular weight excluding hydrogens is 253 g/mol. The minimum Gasteiger partial charge on any atom is -0.425 e. The summed E-state index contributed by atoms with van der Waals surface area (Å²) in [6, 6.07) is 5.85. The zero-order valence-corrected chi connectivity index (χ0v) is 8.46. The van der Waals surface area contributed by atoms with Gasteiger partial charge < -0.3 is 8.80 Å². The van der Waals surface area contributed by atoms with Gasteiger partial charge in [-0.3, -0.25) is 0 Å². The van der Waals surface area contributed by atoms with Crippen LogP contribution in [0.15, 0.2) is 18.2 Å². The van der Waals surface area contributed by atoms with Crippen molar-refractivity contribution in [1.82, 2.24) is 0 Å². The molecule has 0 saturated carbocycles. The van der Waals surface area contributed by atoms with Gasteiger partial charge in [0.2, 0.25) is 0 Å². The highest BCUT2D eigenvalue weighted by atomic mass is 127. The van der Waals surface area contributed by atoms with E-state index in [-0.39, 0.29) is 0 Å². The van der Waals surface area contributed by atoms with Gasteiger partial charge in [0.25, 0.3) is 0 Å². The van der Waals surface area contributed by atoms with Gasteiger partial charge in [-0.25, -0.2) is 0 Å². The maximum atomic E-state index is 5.68. The van der Waals surface area contributed by atoms with Crippen molar-refractivity contribution in [1.29, 1.82) is 0 Å². The number of nitrogen functional groups attached to an aromatic ring is 1. The van der Waals surface area contributed by atoms with Crippen LogP contribution in [-0.2, 0) is 6.42 Å². The molecule has 0 amide bonds. The number of anilines is 1. The number of benzene rings is 1. The van der Waals surface area contributed by atoms with Gasteiger partial charge in [0, 0.05) is 0 Å². The van der Waals surface area contributed by atoms with Crippen LogP contribution >= 0.6 is 23.0 Å². The molecule has 0 bridgehead atoms. The van der Waals surface area contributed by atoms with Crippen LogP contribution < -0.4 is 8.80 Å². The van der Waals surface area contributed by atoms with Gasteiger partial charge in [-0.2, -0.15) is 0 Å². The van der Waals surface area contributed by atoms with Gasteiger partial charge in [-0.05, 0) is 24.1 Å². The second-order valence-electron chi connectivity index (χ2n) is 2.30. The van der Waals surface area contributed by atoms with Crippen molar-refractivity contribution in [2.75, 3.05) is 5.73 Å². The predicted octanol–water partition coefficient (Wildman–Crippen LogP) is 2.56. The summed E-state index contributed by atoms with van der Waals surface area (Å²) in [6.07, 6.45) is 1.01. The van der Waals surface area contributed by atoms with E-state index in [1.165, 1.54) is 5.56 Å². The van der Waals surface area contributed by atoms with Crippen LogP contribution in [0.4, 0.5) is 5.69 Å². The summed E-state index contributed by atoms with van der Waals surface area (Å²) in [4.78, 5) is 0. The molecule has 2 nitrogen and oxygen atoms in total. The van der Waals surface area contributed by atoms with Crippen molar-refractivity contribution >= 4 is 28.7 Å². The van der Waals surface area contributed by atoms with E-state index in [9.17, 15) is 0 Å². The third-order valence-electron chi connectivity index (χ3n) is 1.57. The van der Waals surface area contributed by atoms with Crippen LogP contribution in [0.25, 0.3) is 0 Å². The molecule has 0 unspecified atom stereocenters. The summed E-state index contributed by atoms with van der Waals surface area (Å²) >= 11 is 1.82. The van der Waals surface area contributed by atoms with E-state index in [0.29, 0.717) is 5.69 Å². The maximum Gasteiger partial charge on any atom is 0.192 e. The highest BCUT2D eigenvalue weighted by molar-refractivity contribution is 14.1. The number of aryl methyl sites for hydroxylation is 1. The summed E-state index contributed by atoms with van der Waals surface area (Å²) in [7, 11) is 0. The summed E-state index contributed by atoms with van der Waals surface area (Å²) in [5.74, 6) is 0.739. The first-order valence-corrected chi connectivity index (χ1v) is 4.33. The van der Waals surface area contributed by atoms with Gasteiger partial charge in [-0.1, -0.05) is 13.0 Å². The molecule has 11 heavy (non-hydrogen) atoms. The predicted molar refractivity (Wildman–Crippen MR) is 54.9 cm³/mol. The first kappa shape index (κ1) is 8.64. The Kier molecular flexibility index (Phi) is 2.99. The monoisotopic (exact) mass is 263 g/mol. The fourth-order valence-electron chi connectivity index (χ4n) is 0.888. The van der Waals surface area contributed by atoms with Gasteiger partial charge in [0.1, 0.15) is 0 Å². The maximum absolute atomic E-state index is 5.68. The first-order valence-electron chi connectivity index (χ1n) is 3.45. The summed E-state index contributed by atoms with van der Waals surface area (Å²) in [5.41, 5.74) is 7.62. The van der Waals surface area contributed by atoms with Crippen molar-refractivity contribution in [3.63, 3.8) is 0 Å². The Morgan fingerprint density at radius 1 is 1.55 bits per heavy atom. The highest BCUT2D eigenvalue weighted by Crippen LogP contribution is 2.24. The molecule has 3 heteroatoms. The zero-order valence-electron chi connectivity index (χ0n) is 6.30. The lowest BCUT2D eigenvalue weighted by Crippen LogP contribution is -1.90. The summed E-state index contributed by atoms with van der Waals surface area (Å²) in [6.45, 7) is 2.10. The van der Waals surface area contributed by atoms with Crippen LogP contribution in [0.5, 0.6) is 5.75 Å². The number of halogens is 1. The van der Waals surface area contributed by atoms with E-state index in [0.717, 1.165) is 12.2 Å². The number of nitrogens with two attached hydrogens (primary N) is 1. The average Bonchev–Trinajstić information content (AvgIpc) is 2.04. The van der Waals surface area contributed by atoms with Gasteiger partial charge in [0.05, 0.1) is 5.69 Å². The third kappa shape index (κ3) is 1.99. The molecule has 0 saturated heterocycles. The largest absolute Gasteiger partial charge is 0.425 e. The van der Waals surface area contributed by atoms with Crippen LogP contribution in [0.2, 0.25) is 0 Å². The van der Waals surface area contributed by atoms with E-state index in [4.69, 9.17) is 8.80 Å². The summed E-state index contributed by atoms with van der Waals surface area (Å²) < 4.78 is 4.99. The van der Waals surface area contributed by atoms with Crippen molar-refractivity contribution in [2.24, 2.45) is 0 Å². The molecule has 1 rings (SSSR count). The topological polar surface area (TPSA) is 35.2 Å². The SMILES string of the molecule is CCc1ccc(OI)c(N)c1. The molecule has 0 aliphatic heterocycles. The molecule has 0 fully saturated rings. The van der Waals surface area contributed by atoms with E-state index < -0.39 is 0 Å². The zero-order chi connectivity index (χ0) is 8.27. The van der Waals surface area contributed by atoms with Crippen molar-refractivity contribution < 1.29 is 3.07 Å². The van der Waals surface area contributed by atoms with Gasteiger partial charge in [-0.15, -0.1) is 0 Å². The molecule has 0 heterocycles. The molecule has 0 atom stereocenters. The molecule has 0 spiro atoms. The fraction of sp³-hybridized carbons (Fsp3) is 0.250. The second kappa shape index (κ2) is 3.80. The van der Waals surface area contributed by atoms with Crippen molar-refractivity contribution in [2.45, 2.75) is 13.3 Å². The molecule has 0 aliphatic rings. The Labute approximate surface area is 80.4 Å². The average molecular weight is 263 g/mol. The van der Waals surface area contributed by atoms with Gasteiger partial charge >= 0.3 is 0 Å². The van der Waals surface area contributed by atoms with Crippen molar-refractivity contribution in [3.05, 3.63) is 23.8 Å².